The minimum Gasteiger partial charge on any atom is -0.478 e. The van der Waals surface area contributed by atoms with Gasteiger partial charge in [-0.05, 0) is 13.8 Å². The maximum atomic E-state index is 10.3. The van der Waals surface area contributed by atoms with Gasteiger partial charge in [0.1, 0.15) is 0 Å². The Bertz CT molecular complexity index is 223. The molecule has 0 aromatic carbocycles. The van der Waals surface area contributed by atoms with Crippen molar-refractivity contribution in [2.24, 2.45) is 0 Å². The zero-order valence-electron chi connectivity index (χ0n) is 7.99. The first-order valence-corrected chi connectivity index (χ1v) is 4.29. The highest BCUT2D eigenvalue weighted by Gasteiger charge is 2.25. The molecule has 0 aromatic rings. The Labute approximate surface area is 77.8 Å². The van der Waals surface area contributed by atoms with Crippen LogP contribution in [-0.4, -0.2) is 41.3 Å². The minimum absolute atomic E-state index is 0.179. The van der Waals surface area contributed by atoms with Crippen molar-refractivity contribution in [2.45, 2.75) is 19.4 Å². The van der Waals surface area contributed by atoms with Crippen molar-refractivity contribution >= 4 is 5.97 Å². The van der Waals surface area contributed by atoms with Crippen LogP contribution in [0, 0.1) is 0 Å². The second kappa shape index (κ2) is 3.79. The van der Waals surface area contributed by atoms with Crippen molar-refractivity contribution < 1.29 is 14.6 Å². The second-order valence-corrected chi connectivity index (χ2v) is 3.73. The van der Waals surface area contributed by atoms with E-state index < -0.39 is 5.97 Å². The van der Waals surface area contributed by atoms with Gasteiger partial charge >= 0.3 is 5.97 Å². The van der Waals surface area contributed by atoms with E-state index in [-0.39, 0.29) is 5.60 Å². The fourth-order valence-corrected chi connectivity index (χ4v) is 1.35. The molecule has 0 radical (unpaired) electrons. The molecule has 0 saturated carbocycles. The first-order valence-electron chi connectivity index (χ1n) is 4.29. The van der Waals surface area contributed by atoms with Crippen LogP contribution in [0.5, 0.6) is 0 Å². The van der Waals surface area contributed by atoms with Gasteiger partial charge in [0.2, 0.25) is 0 Å². The average Bonchev–Trinajstić information content (AvgIpc) is 1.99. The highest BCUT2D eigenvalue weighted by Crippen LogP contribution is 2.16. The van der Waals surface area contributed by atoms with Gasteiger partial charge in [-0.3, -0.25) is 0 Å². The van der Waals surface area contributed by atoms with Gasteiger partial charge in [-0.15, -0.1) is 0 Å². The Kier molecular flexibility index (Phi) is 2.93. The van der Waals surface area contributed by atoms with Crippen LogP contribution in [0.25, 0.3) is 0 Å². The third-order valence-electron chi connectivity index (χ3n) is 1.88. The fourth-order valence-electron chi connectivity index (χ4n) is 1.35. The fraction of sp³-hybridized carbons (Fsp3) is 0.667. The van der Waals surface area contributed by atoms with E-state index in [1.165, 1.54) is 0 Å². The van der Waals surface area contributed by atoms with Gasteiger partial charge in [-0.25, -0.2) is 4.79 Å². The van der Waals surface area contributed by atoms with E-state index in [2.05, 4.69) is 0 Å². The SMILES string of the molecule is CC1(C)CN(C=CC(=O)O)CCO1. The number of carbonyl (C=O) groups is 1. The summed E-state index contributed by atoms with van der Waals surface area (Å²) < 4.78 is 5.48. The summed E-state index contributed by atoms with van der Waals surface area (Å²) in [6, 6.07) is 0. The summed E-state index contributed by atoms with van der Waals surface area (Å²) in [5.41, 5.74) is -0.179. The monoisotopic (exact) mass is 185 g/mol. The summed E-state index contributed by atoms with van der Waals surface area (Å²) in [7, 11) is 0. The number of morpholine rings is 1. The molecule has 0 aliphatic carbocycles. The number of carboxylic acid groups (broad SMARTS) is 1. The van der Waals surface area contributed by atoms with E-state index >= 15 is 0 Å². The molecular weight excluding hydrogens is 170 g/mol. The van der Waals surface area contributed by atoms with E-state index in [1.54, 1.807) is 6.20 Å². The number of rotatable bonds is 2. The van der Waals surface area contributed by atoms with E-state index in [0.29, 0.717) is 6.61 Å². The van der Waals surface area contributed by atoms with Crippen molar-refractivity contribution in [1.29, 1.82) is 0 Å². The standard InChI is InChI=1S/C9H15NO3/c1-9(2)7-10(5-6-13-9)4-3-8(11)12/h3-4H,5-7H2,1-2H3,(H,11,12). The van der Waals surface area contributed by atoms with Crippen LogP contribution in [0.15, 0.2) is 12.3 Å². The van der Waals surface area contributed by atoms with Crippen molar-refractivity contribution in [2.75, 3.05) is 19.7 Å². The Morgan fingerprint density at radius 1 is 1.62 bits per heavy atom. The van der Waals surface area contributed by atoms with Gasteiger partial charge in [0, 0.05) is 25.4 Å². The molecule has 1 saturated heterocycles. The van der Waals surface area contributed by atoms with Crippen LogP contribution < -0.4 is 0 Å². The minimum atomic E-state index is -0.913. The first-order chi connectivity index (χ1) is 5.99. The molecule has 1 aliphatic rings. The molecule has 4 heteroatoms. The molecule has 1 aliphatic heterocycles. The van der Waals surface area contributed by atoms with Crippen molar-refractivity contribution in [3.63, 3.8) is 0 Å². The quantitative estimate of drug-likeness (QED) is 0.643. The molecule has 13 heavy (non-hydrogen) atoms. The second-order valence-electron chi connectivity index (χ2n) is 3.73. The van der Waals surface area contributed by atoms with Crippen LogP contribution in [0.3, 0.4) is 0 Å². The Morgan fingerprint density at radius 3 is 2.85 bits per heavy atom. The maximum absolute atomic E-state index is 10.3. The maximum Gasteiger partial charge on any atom is 0.329 e. The number of ether oxygens (including phenoxy) is 1. The summed E-state index contributed by atoms with van der Waals surface area (Å²) in [6.07, 6.45) is 2.76. The van der Waals surface area contributed by atoms with Gasteiger partial charge in [0.05, 0.1) is 12.2 Å². The van der Waals surface area contributed by atoms with E-state index in [1.807, 2.05) is 18.7 Å². The summed E-state index contributed by atoms with van der Waals surface area (Å²) in [4.78, 5) is 12.2. The predicted octanol–water partition coefficient (Wildman–Crippen LogP) is 0.696. The molecule has 1 fully saturated rings. The molecule has 4 nitrogen and oxygen atoms in total. The normalized spacial score (nSPS) is 22.2. The summed E-state index contributed by atoms with van der Waals surface area (Å²) >= 11 is 0. The molecular formula is C9H15NO3. The van der Waals surface area contributed by atoms with Crippen molar-refractivity contribution in [3.05, 3.63) is 12.3 Å². The topological polar surface area (TPSA) is 49.8 Å². The molecule has 0 amide bonds. The molecule has 0 atom stereocenters. The van der Waals surface area contributed by atoms with Crippen molar-refractivity contribution in [1.82, 2.24) is 4.90 Å². The van der Waals surface area contributed by atoms with E-state index in [4.69, 9.17) is 9.84 Å². The lowest BCUT2D eigenvalue weighted by atomic mass is 10.1. The Morgan fingerprint density at radius 2 is 2.31 bits per heavy atom. The Balaban J connectivity index is 2.48. The number of carboxylic acids is 1. The molecule has 1 heterocycles. The first kappa shape index (κ1) is 10.1. The van der Waals surface area contributed by atoms with Crippen LogP contribution in [-0.2, 0) is 9.53 Å². The highest BCUT2D eigenvalue weighted by atomic mass is 16.5. The van der Waals surface area contributed by atoms with Gasteiger partial charge in [-0.1, -0.05) is 0 Å². The molecule has 0 unspecified atom stereocenters. The zero-order valence-corrected chi connectivity index (χ0v) is 7.99. The zero-order chi connectivity index (χ0) is 9.90. The molecule has 0 spiro atoms. The lowest BCUT2D eigenvalue weighted by Gasteiger charge is -2.37. The van der Waals surface area contributed by atoms with Crippen LogP contribution in [0.4, 0.5) is 0 Å². The summed E-state index contributed by atoms with van der Waals surface area (Å²) in [5, 5.41) is 8.43. The highest BCUT2D eigenvalue weighted by molar-refractivity contribution is 5.79. The summed E-state index contributed by atoms with van der Waals surface area (Å²) in [6.45, 7) is 6.13. The van der Waals surface area contributed by atoms with E-state index in [9.17, 15) is 4.79 Å². The predicted molar refractivity (Wildman–Crippen MR) is 48.4 cm³/mol. The van der Waals surface area contributed by atoms with Crippen LogP contribution >= 0.6 is 0 Å². The largest absolute Gasteiger partial charge is 0.478 e. The van der Waals surface area contributed by atoms with Gasteiger partial charge in [0.15, 0.2) is 0 Å². The molecule has 74 valence electrons. The molecule has 0 aromatic heterocycles. The number of aliphatic carboxylic acids is 1. The van der Waals surface area contributed by atoms with Gasteiger partial charge in [-0.2, -0.15) is 0 Å². The smallest absolute Gasteiger partial charge is 0.329 e. The third-order valence-corrected chi connectivity index (χ3v) is 1.88. The van der Waals surface area contributed by atoms with Crippen LogP contribution in [0.1, 0.15) is 13.8 Å². The molecule has 1 N–H and O–H groups in total. The lowest BCUT2D eigenvalue weighted by Crippen LogP contribution is -2.45. The molecule has 0 bridgehead atoms. The van der Waals surface area contributed by atoms with Crippen LogP contribution in [0.2, 0.25) is 0 Å². The lowest BCUT2D eigenvalue weighted by molar-refractivity contribution is -0.131. The number of nitrogens with zero attached hydrogens (tertiary/aromatic N) is 1. The summed E-state index contributed by atoms with van der Waals surface area (Å²) in [5.74, 6) is -0.913. The average molecular weight is 185 g/mol. The van der Waals surface area contributed by atoms with Gasteiger partial charge in [0.25, 0.3) is 0 Å². The van der Waals surface area contributed by atoms with E-state index in [0.717, 1.165) is 19.2 Å². The molecule has 1 rings (SSSR count). The number of hydrogen-bond acceptors (Lipinski definition) is 3. The Hall–Kier alpha value is -1.03. The van der Waals surface area contributed by atoms with Crippen molar-refractivity contribution in [3.8, 4) is 0 Å². The number of hydrogen-bond donors (Lipinski definition) is 1. The third kappa shape index (κ3) is 3.46. The van der Waals surface area contributed by atoms with Gasteiger partial charge < -0.3 is 14.7 Å².